The van der Waals surface area contributed by atoms with Gasteiger partial charge in [0.2, 0.25) is 0 Å². The molecule has 4 nitrogen and oxygen atoms in total. The van der Waals surface area contributed by atoms with Crippen LogP contribution in [0.3, 0.4) is 0 Å². The zero-order valence-corrected chi connectivity index (χ0v) is 14.7. The Labute approximate surface area is 153 Å². The molecule has 0 unspecified atom stereocenters. The topological polar surface area (TPSA) is 34.6 Å². The van der Waals surface area contributed by atoms with Crippen molar-refractivity contribution >= 4 is 16.6 Å². The SMILES string of the molecule is c1ccc(-c2cc(N3CCC4(CC3)OCCO4)c3ccccc3n2)cc1. The fourth-order valence-electron chi connectivity index (χ4n) is 4.05. The van der Waals surface area contributed by atoms with Gasteiger partial charge in [-0.05, 0) is 12.1 Å². The van der Waals surface area contributed by atoms with Crippen LogP contribution in [-0.2, 0) is 9.47 Å². The molecule has 4 heteroatoms. The summed E-state index contributed by atoms with van der Waals surface area (Å²) in [7, 11) is 0. The number of nitrogens with zero attached hydrogens (tertiary/aromatic N) is 2. The number of hydrogen-bond acceptors (Lipinski definition) is 4. The van der Waals surface area contributed by atoms with Gasteiger partial charge in [0.05, 0.1) is 24.4 Å². The molecule has 5 rings (SSSR count). The smallest absolute Gasteiger partial charge is 0.171 e. The van der Waals surface area contributed by atoms with Gasteiger partial charge >= 0.3 is 0 Å². The van der Waals surface area contributed by atoms with Crippen LogP contribution in [0.25, 0.3) is 22.2 Å². The van der Waals surface area contributed by atoms with Crippen LogP contribution in [0.1, 0.15) is 12.8 Å². The first-order valence-corrected chi connectivity index (χ1v) is 9.31. The van der Waals surface area contributed by atoms with Crippen molar-refractivity contribution in [2.24, 2.45) is 0 Å². The quantitative estimate of drug-likeness (QED) is 0.695. The molecule has 0 bridgehead atoms. The van der Waals surface area contributed by atoms with Gasteiger partial charge in [0, 0.05) is 42.6 Å². The zero-order chi connectivity index (χ0) is 17.4. The van der Waals surface area contributed by atoms with Gasteiger partial charge in [0.15, 0.2) is 5.79 Å². The first-order chi connectivity index (χ1) is 12.8. The number of aromatic nitrogens is 1. The van der Waals surface area contributed by atoms with E-state index in [9.17, 15) is 0 Å². The minimum absolute atomic E-state index is 0.346. The van der Waals surface area contributed by atoms with Gasteiger partial charge in [-0.3, -0.25) is 0 Å². The first kappa shape index (κ1) is 15.8. The second-order valence-electron chi connectivity index (χ2n) is 7.00. The Morgan fingerprint density at radius 1 is 0.846 bits per heavy atom. The third-order valence-electron chi connectivity index (χ3n) is 5.44. The average molecular weight is 346 g/mol. The lowest BCUT2D eigenvalue weighted by molar-refractivity contribution is -0.169. The molecule has 0 atom stereocenters. The predicted molar refractivity (Wildman–Crippen MR) is 103 cm³/mol. The molecule has 2 saturated heterocycles. The highest BCUT2D eigenvalue weighted by Gasteiger charge is 2.40. The van der Waals surface area contributed by atoms with E-state index in [1.165, 1.54) is 11.1 Å². The summed E-state index contributed by atoms with van der Waals surface area (Å²) in [6.07, 6.45) is 1.81. The Morgan fingerprint density at radius 2 is 1.54 bits per heavy atom. The van der Waals surface area contributed by atoms with E-state index in [1.54, 1.807) is 0 Å². The zero-order valence-electron chi connectivity index (χ0n) is 14.7. The second kappa shape index (κ2) is 6.38. The first-order valence-electron chi connectivity index (χ1n) is 9.31. The van der Waals surface area contributed by atoms with E-state index in [2.05, 4.69) is 59.5 Å². The third-order valence-corrected chi connectivity index (χ3v) is 5.44. The molecule has 0 saturated carbocycles. The van der Waals surface area contributed by atoms with Gasteiger partial charge in [-0.15, -0.1) is 0 Å². The summed E-state index contributed by atoms with van der Waals surface area (Å²) in [5.74, 6) is -0.346. The standard InChI is InChI=1S/C22H22N2O2/c1-2-6-17(7-3-1)20-16-21(18-8-4-5-9-19(18)23-20)24-12-10-22(11-13-24)25-14-15-26-22/h1-9,16H,10-15H2. The minimum Gasteiger partial charge on any atom is -0.371 e. The van der Waals surface area contributed by atoms with E-state index in [4.69, 9.17) is 14.5 Å². The molecule has 1 aromatic heterocycles. The van der Waals surface area contributed by atoms with Crippen LogP contribution in [-0.4, -0.2) is 37.1 Å². The van der Waals surface area contributed by atoms with Crippen molar-refractivity contribution in [1.29, 1.82) is 0 Å². The largest absolute Gasteiger partial charge is 0.371 e. The summed E-state index contributed by atoms with van der Waals surface area (Å²) in [6.45, 7) is 3.30. The molecule has 3 heterocycles. The van der Waals surface area contributed by atoms with Gasteiger partial charge < -0.3 is 14.4 Å². The molecule has 0 N–H and O–H groups in total. The van der Waals surface area contributed by atoms with Crippen LogP contribution in [0.5, 0.6) is 0 Å². The Kier molecular flexibility index (Phi) is 3.88. The van der Waals surface area contributed by atoms with Crippen LogP contribution in [0.2, 0.25) is 0 Å². The molecule has 0 radical (unpaired) electrons. The molecule has 2 aliphatic rings. The number of benzene rings is 2. The molecule has 26 heavy (non-hydrogen) atoms. The van der Waals surface area contributed by atoms with Crippen LogP contribution in [0, 0.1) is 0 Å². The molecule has 2 fully saturated rings. The number of fused-ring (bicyclic) bond motifs is 1. The maximum Gasteiger partial charge on any atom is 0.171 e. The molecular weight excluding hydrogens is 324 g/mol. The summed E-state index contributed by atoms with van der Waals surface area (Å²) in [5, 5.41) is 1.20. The van der Waals surface area contributed by atoms with Crippen molar-refractivity contribution in [2.45, 2.75) is 18.6 Å². The van der Waals surface area contributed by atoms with Crippen molar-refractivity contribution in [3.63, 3.8) is 0 Å². The van der Waals surface area contributed by atoms with Gasteiger partial charge in [0.1, 0.15) is 0 Å². The Hall–Kier alpha value is -2.43. The maximum atomic E-state index is 5.88. The normalized spacial score (nSPS) is 19.3. The van der Waals surface area contributed by atoms with E-state index in [1.807, 2.05) is 6.07 Å². The Balaban J connectivity index is 1.54. The summed E-state index contributed by atoms with van der Waals surface area (Å²) < 4.78 is 11.8. The van der Waals surface area contributed by atoms with Crippen LogP contribution in [0.4, 0.5) is 5.69 Å². The van der Waals surface area contributed by atoms with Crippen molar-refractivity contribution in [3.8, 4) is 11.3 Å². The van der Waals surface area contributed by atoms with Gasteiger partial charge in [-0.25, -0.2) is 4.98 Å². The Morgan fingerprint density at radius 3 is 2.31 bits per heavy atom. The number of hydrogen-bond donors (Lipinski definition) is 0. The van der Waals surface area contributed by atoms with Gasteiger partial charge in [-0.1, -0.05) is 48.5 Å². The number of para-hydroxylation sites is 1. The molecule has 1 spiro atoms. The highest BCUT2D eigenvalue weighted by molar-refractivity contribution is 5.94. The Bertz CT molecular complexity index is 910. The van der Waals surface area contributed by atoms with E-state index in [0.29, 0.717) is 0 Å². The van der Waals surface area contributed by atoms with Crippen molar-refractivity contribution in [1.82, 2.24) is 4.98 Å². The lowest BCUT2D eigenvalue weighted by Crippen LogP contribution is -2.45. The predicted octanol–water partition coefficient (Wildman–Crippen LogP) is 4.25. The van der Waals surface area contributed by atoms with Crippen LogP contribution in [0.15, 0.2) is 60.7 Å². The van der Waals surface area contributed by atoms with E-state index in [0.717, 1.165) is 55.9 Å². The molecule has 2 aromatic carbocycles. The van der Waals surface area contributed by atoms with Crippen molar-refractivity contribution in [2.75, 3.05) is 31.2 Å². The molecule has 0 aliphatic carbocycles. The minimum atomic E-state index is -0.346. The number of ether oxygens (including phenoxy) is 2. The van der Waals surface area contributed by atoms with Gasteiger partial charge in [-0.2, -0.15) is 0 Å². The van der Waals surface area contributed by atoms with E-state index >= 15 is 0 Å². The summed E-state index contributed by atoms with van der Waals surface area (Å²) >= 11 is 0. The fourth-order valence-corrected chi connectivity index (χ4v) is 4.05. The number of anilines is 1. The summed E-state index contributed by atoms with van der Waals surface area (Å²) in [4.78, 5) is 7.35. The number of rotatable bonds is 2. The van der Waals surface area contributed by atoms with Crippen LogP contribution >= 0.6 is 0 Å². The summed E-state index contributed by atoms with van der Waals surface area (Å²) in [6, 6.07) is 21.0. The molecule has 132 valence electrons. The maximum absolute atomic E-state index is 5.88. The fraction of sp³-hybridized carbons (Fsp3) is 0.318. The molecule has 3 aromatic rings. The third kappa shape index (κ3) is 2.75. The lowest BCUT2D eigenvalue weighted by Gasteiger charge is -2.39. The summed E-state index contributed by atoms with van der Waals surface area (Å²) in [5.41, 5.74) is 4.46. The number of pyridine rings is 1. The van der Waals surface area contributed by atoms with Gasteiger partial charge in [0.25, 0.3) is 0 Å². The van der Waals surface area contributed by atoms with Crippen LogP contribution < -0.4 is 4.90 Å². The molecule has 2 aliphatic heterocycles. The molecule has 0 amide bonds. The highest BCUT2D eigenvalue weighted by atomic mass is 16.7. The van der Waals surface area contributed by atoms with Crippen molar-refractivity contribution < 1.29 is 9.47 Å². The highest BCUT2D eigenvalue weighted by Crippen LogP contribution is 2.37. The number of piperidine rings is 1. The monoisotopic (exact) mass is 346 g/mol. The van der Waals surface area contributed by atoms with E-state index in [-0.39, 0.29) is 5.79 Å². The molecular formula is C22H22N2O2. The lowest BCUT2D eigenvalue weighted by atomic mass is 10.0. The van der Waals surface area contributed by atoms with E-state index < -0.39 is 0 Å². The second-order valence-corrected chi connectivity index (χ2v) is 7.00. The average Bonchev–Trinajstić information content (AvgIpc) is 3.16. The van der Waals surface area contributed by atoms with Crippen molar-refractivity contribution in [3.05, 3.63) is 60.7 Å².